The minimum atomic E-state index is -0.0965. The number of nitrogens with one attached hydrogen (secondary N) is 1. The van der Waals surface area contributed by atoms with Crippen LogP contribution in [0.3, 0.4) is 0 Å². The molecule has 0 saturated carbocycles. The Labute approximate surface area is 104 Å². The quantitative estimate of drug-likeness (QED) is 0.876. The first-order valence-corrected chi connectivity index (χ1v) is 6.15. The fourth-order valence-corrected chi connectivity index (χ4v) is 2.36. The van der Waals surface area contributed by atoms with E-state index in [0.717, 1.165) is 16.0 Å². The Morgan fingerprint density at radius 1 is 1.35 bits per heavy atom. The van der Waals surface area contributed by atoms with E-state index in [-0.39, 0.29) is 11.7 Å². The van der Waals surface area contributed by atoms with E-state index in [1.165, 1.54) is 11.3 Å². The Bertz CT molecular complexity index is 534. The summed E-state index contributed by atoms with van der Waals surface area (Å²) in [6.45, 7) is 2.24. The maximum atomic E-state index is 11.8. The van der Waals surface area contributed by atoms with Gasteiger partial charge in [-0.25, -0.2) is 0 Å². The lowest BCUT2D eigenvalue weighted by atomic mass is 10.2. The highest BCUT2D eigenvalue weighted by Crippen LogP contribution is 2.17. The second kappa shape index (κ2) is 5.01. The third-order valence-electron chi connectivity index (χ3n) is 2.50. The van der Waals surface area contributed by atoms with Gasteiger partial charge in [0.25, 0.3) is 5.91 Å². The molecule has 0 saturated heterocycles. The van der Waals surface area contributed by atoms with Crippen LogP contribution in [0.2, 0.25) is 0 Å². The van der Waals surface area contributed by atoms with Crippen molar-refractivity contribution in [3.05, 3.63) is 51.7 Å². The van der Waals surface area contributed by atoms with Crippen LogP contribution < -0.4 is 5.32 Å². The number of phenolic OH excluding ortho intramolecular Hbond substituents is 1. The first-order valence-electron chi connectivity index (χ1n) is 5.27. The molecule has 0 fully saturated rings. The number of carbonyl (C=O) groups excluding carboxylic acids is 1. The van der Waals surface area contributed by atoms with Gasteiger partial charge in [0.1, 0.15) is 5.75 Å². The van der Waals surface area contributed by atoms with E-state index in [1.54, 1.807) is 18.2 Å². The lowest BCUT2D eigenvalue weighted by molar-refractivity contribution is 0.0954. The van der Waals surface area contributed by atoms with Gasteiger partial charge in [0, 0.05) is 12.1 Å². The molecule has 0 radical (unpaired) electrons. The summed E-state index contributed by atoms with van der Waals surface area (Å²) in [6.07, 6.45) is 0. The fraction of sp³-hybridized carbons (Fsp3) is 0.154. The maximum Gasteiger partial charge on any atom is 0.261 e. The number of rotatable bonds is 3. The summed E-state index contributed by atoms with van der Waals surface area (Å²) < 4.78 is 0. The van der Waals surface area contributed by atoms with Crippen molar-refractivity contribution in [2.75, 3.05) is 0 Å². The Morgan fingerprint density at radius 3 is 2.76 bits per heavy atom. The van der Waals surface area contributed by atoms with Gasteiger partial charge in [-0.2, -0.15) is 0 Å². The summed E-state index contributed by atoms with van der Waals surface area (Å²) in [6, 6.07) is 8.90. The van der Waals surface area contributed by atoms with Crippen molar-refractivity contribution in [3.8, 4) is 5.75 Å². The molecule has 3 nitrogen and oxygen atoms in total. The smallest absolute Gasteiger partial charge is 0.261 e. The molecule has 2 N–H and O–H groups in total. The van der Waals surface area contributed by atoms with Crippen molar-refractivity contribution < 1.29 is 9.90 Å². The SMILES string of the molecule is Cc1ccsc1C(=O)NCc1ccccc1O. The zero-order valence-corrected chi connectivity index (χ0v) is 10.3. The van der Waals surface area contributed by atoms with Gasteiger partial charge in [-0.3, -0.25) is 4.79 Å². The molecular formula is C13H13NO2S. The summed E-state index contributed by atoms with van der Waals surface area (Å²) in [5.74, 6) is 0.108. The number of aromatic hydroxyl groups is 1. The number of amides is 1. The van der Waals surface area contributed by atoms with Crippen LogP contribution in [0.1, 0.15) is 20.8 Å². The normalized spacial score (nSPS) is 10.2. The molecule has 0 aliphatic rings. The monoisotopic (exact) mass is 247 g/mol. The summed E-state index contributed by atoms with van der Waals surface area (Å²) in [5.41, 5.74) is 1.69. The molecule has 1 amide bonds. The Kier molecular flexibility index (Phi) is 3.44. The molecular weight excluding hydrogens is 234 g/mol. The van der Waals surface area contributed by atoms with E-state index in [1.807, 2.05) is 24.4 Å². The zero-order valence-electron chi connectivity index (χ0n) is 9.43. The highest BCUT2D eigenvalue weighted by Gasteiger charge is 2.10. The molecule has 17 heavy (non-hydrogen) atoms. The van der Waals surface area contributed by atoms with E-state index >= 15 is 0 Å². The predicted molar refractivity (Wildman–Crippen MR) is 68.3 cm³/mol. The standard InChI is InChI=1S/C13H13NO2S/c1-9-6-7-17-12(9)13(16)14-8-10-4-2-3-5-11(10)15/h2-7,15H,8H2,1H3,(H,14,16). The molecule has 2 rings (SSSR count). The Balaban J connectivity index is 2.02. The van der Waals surface area contributed by atoms with Crippen molar-refractivity contribution in [2.45, 2.75) is 13.5 Å². The van der Waals surface area contributed by atoms with Gasteiger partial charge in [-0.05, 0) is 30.0 Å². The minimum absolute atomic E-state index is 0.0965. The van der Waals surface area contributed by atoms with E-state index in [9.17, 15) is 9.90 Å². The van der Waals surface area contributed by atoms with Gasteiger partial charge >= 0.3 is 0 Å². The number of phenols is 1. The lowest BCUT2D eigenvalue weighted by Crippen LogP contribution is -2.22. The van der Waals surface area contributed by atoms with Crippen LogP contribution >= 0.6 is 11.3 Å². The largest absolute Gasteiger partial charge is 0.508 e. The van der Waals surface area contributed by atoms with Crippen LogP contribution in [-0.4, -0.2) is 11.0 Å². The van der Waals surface area contributed by atoms with Gasteiger partial charge in [-0.1, -0.05) is 18.2 Å². The molecule has 1 heterocycles. The van der Waals surface area contributed by atoms with Crippen molar-refractivity contribution in [1.29, 1.82) is 0 Å². The molecule has 0 spiro atoms. The van der Waals surface area contributed by atoms with Crippen LogP contribution in [0.15, 0.2) is 35.7 Å². The molecule has 0 atom stereocenters. The van der Waals surface area contributed by atoms with E-state index in [4.69, 9.17) is 0 Å². The number of thiophene rings is 1. The Morgan fingerprint density at radius 2 is 2.12 bits per heavy atom. The topological polar surface area (TPSA) is 49.3 Å². The van der Waals surface area contributed by atoms with Gasteiger partial charge in [0.2, 0.25) is 0 Å². The predicted octanol–water partition coefficient (Wildman–Crippen LogP) is 2.69. The lowest BCUT2D eigenvalue weighted by Gasteiger charge is -2.06. The van der Waals surface area contributed by atoms with Gasteiger partial charge in [-0.15, -0.1) is 11.3 Å². The van der Waals surface area contributed by atoms with Crippen LogP contribution in [0.5, 0.6) is 5.75 Å². The van der Waals surface area contributed by atoms with Crippen molar-refractivity contribution in [3.63, 3.8) is 0 Å². The number of hydrogen-bond acceptors (Lipinski definition) is 3. The molecule has 0 bridgehead atoms. The molecule has 88 valence electrons. The number of hydrogen-bond donors (Lipinski definition) is 2. The van der Waals surface area contributed by atoms with Gasteiger partial charge < -0.3 is 10.4 Å². The molecule has 1 aromatic carbocycles. The molecule has 1 aromatic heterocycles. The number of aryl methyl sites for hydroxylation is 1. The molecule has 0 aliphatic carbocycles. The van der Waals surface area contributed by atoms with E-state index in [0.29, 0.717) is 6.54 Å². The first kappa shape index (κ1) is 11.7. The third kappa shape index (κ3) is 2.65. The average molecular weight is 247 g/mol. The summed E-state index contributed by atoms with van der Waals surface area (Å²) in [5, 5.41) is 14.2. The fourth-order valence-electron chi connectivity index (χ4n) is 1.52. The van der Waals surface area contributed by atoms with Crippen molar-refractivity contribution >= 4 is 17.2 Å². The van der Waals surface area contributed by atoms with Crippen LogP contribution in [0.25, 0.3) is 0 Å². The second-order valence-electron chi connectivity index (χ2n) is 3.74. The third-order valence-corrected chi connectivity index (χ3v) is 3.51. The molecule has 4 heteroatoms. The molecule has 0 aliphatic heterocycles. The minimum Gasteiger partial charge on any atom is -0.508 e. The van der Waals surface area contributed by atoms with Crippen LogP contribution in [0.4, 0.5) is 0 Å². The van der Waals surface area contributed by atoms with Crippen LogP contribution in [-0.2, 0) is 6.54 Å². The second-order valence-corrected chi connectivity index (χ2v) is 4.66. The van der Waals surface area contributed by atoms with Crippen LogP contribution in [0, 0.1) is 6.92 Å². The molecule has 0 unspecified atom stereocenters. The van der Waals surface area contributed by atoms with Crippen molar-refractivity contribution in [2.24, 2.45) is 0 Å². The van der Waals surface area contributed by atoms with Gasteiger partial charge in [0.15, 0.2) is 0 Å². The zero-order chi connectivity index (χ0) is 12.3. The summed E-state index contributed by atoms with van der Waals surface area (Å²) in [4.78, 5) is 12.6. The average Bonchev–Trinajstić information content (AvgIpc) is 2.74. The highest BCUT2D eigenvalue weighted by atomic mass is 32.1. The molecule has 2 aromatic rings. The summed E-state index contributed by atoms with van der Waals surface area (Å²) in [7, 11) is 0. The number of para-hydroxylation sites is 1. The van der Waals surface area contributed by atoms with Gasteiger partial charge in [0.05, 0.1) is 4.88 Å². The van der Waals surface area contributed by atoms with E-state index < -0.39 is 0 Å². The number of carbonyl (C=O) groups is 1. The maximum absolute atomic E-state index is 11.8. The Hall–Kier alpha value is -1.81. The van der Waals surface area contributed by atoms with E-state index in [2.05, 4.69) is 5.32 Å². The summed E-state index contributed by atoms with van der Waals surface area (Å²) >= 11 is 1.42. The van der Waals surface area contributed by atoms with Crippen molar-refractivity contribution in [1.82, 2.24) is 5.32 Å². The number of benzene rings is 1. The first-order chi connectivity index (χ1) is 8.18. The highest BCUT2D eigenvalue weighted by molar-refractivity contribution is 7.12.